The maximum atomic E-state index is 12.7. The molecule has 0 spiro atoms. The van der Waals surface area contributed by atoms with Crippen molar-refractivity contribution in [3.05, 3.63) is 47.4 Å². The van der Waals surface area contributed by atoms with Crippen LogP contribution in [0.15, 0.2) is 35.2 Å². The molecule has 1 aliphatic rings. The third-order valence-corrected chi connectivity index (χ3v) is 6.27. The average Bonchev–Trinajstić information content (AvgIpc) is 3.43. The molecule has 0 aliphatic carbocycles. The number of likely N-dealkylation sites (tertiary alicyclic amines) is 1. The van der Waals surface area contributed by atoms with Gasteiger partial charge in [0, 0.05) is 23.7 Å². The summed E-state index contributed by atoms with van der Waals surface area (Å²) in [5.74, 6) is 0.981. The van der Waals surface area contributed by atoms with Crippen LogP contribution in [0, 0.1) is 6.92 Å². The van der Waals surface area contributed by atoms with E-state index < -0.39 is 0 Å². The molecule has 0 aromatic carbocycles. The van der Waals surface area contributed by atoms with Gasteiger partial charge >= 0.3 is 0 Å². The second-order valence-corrected chi connectivity index (χ2v) is 8.90. The molecule has 5 heterocycles. The highest BCUT2D eigenvalue weighted by molar-refractivity contribution is 7.14. The van der Waals surface area contributed by atoms with Crippen molar-refractivity contribution in [2.75, 3.05) is 25.5 Å². The Morgan fingerprint density at radius 2 is 1.97 bits per heavy atom. The quantitative estimate of drug-likeness (QED) is 0.519. The van der Waals surface area contributed by atoms with E-state index in [1.807, 2.05) is 19.1 Å². The van der Waals surface area contributed by atoms with E-state index in [0.29, 0.717) is 11.7 Å². The summed E-state index contributed by atoms with van der Waals surface area (Å²) >= 11 is 1.48. The monoisotopic (exact) mass is 435 g/mol. The lowest BCUT2D eigenvalue weighted by atomic mass is 9.97. The summed E-state index contributed by atoms with van der Waals surface area (Å²) in [4.78, 5) is 28.1. The average molecular weight is 436 g/mol. The van der Waals surface area contributed by atoms with Crippen LogP contribution in [0.3, 0.4) is 0 Å². The van der Waals surface area contributed by atoms with Crippen molar-refractivity contribution in [2.24, 2.45) is 0 Å². The van der Waals surface area contributed by atoms with E-state index in [1.54, 1.807) is 12.4 Å². The Balaban J connectivity index is 1.33. The van der Waals surface area contributed by atoms with Crippen molar-refractivity contribution in [3.8, 4) is 10.7 Å². The van der Waals surface area contributed by atoms with Gasteiger partial charge < -0.3 is 14.6 Å². The molecule has 158 valence electrons. The smallest absolute Gasteiger partial charge is 0.278 e. The van der Waals surface area contributed by atoms with Crippen LogP contribution in [0.2, 0.25) is 0 Å². The van der Waals surface area contributed by atoms with Gasteiger partial charge in [-0.05, 0) is 57.4 Å². The number of pyridine rings is 2. The van der Waals surface area contributed by atoms with E-state index in [1.165, 1.54) is 17.6 Å². The summed E-state index contributed by atoms with van der Waals surface area (Å²) < 4.78 is 5.60. The highest BCUT2D eigenvalue weighted by Gasteiger charge is 2.24. The first kappa shape index (κ1) is 19.7. The number of hydrogen-bond acceptors (Lipinski definition) is 9. The van der Waals surface area contributed by atoms with E-state index in [4.69, 9.17) is 4.42 Å². The number of piperidine rings is 1. The van der Waals surface area contributed by atoms with Gasteiger partial charge in [0.25, 0.3) is 5.91 Å². The van der Waals surface area contributed by atoms with Crippen LogP contribution in [-0.2, 0) is 0 Å². The van der Waals surface area contributed by atoms with E-state index in [-0.39, 0.29) is 17.5 Å². The molecular weight excluding hydrogens is 414 g/mol. The van der Waals surface area contributed by atoms with E-state index in [2.05, 4.69) is 42.4 Å². The Kier molecular flexibility index (Phi) is 5.16. The Morgan fingerprint density at radius 1 is 1.16 bits per heavy atom. The van der Waals surface area contributed by atoms with Gasteiger partial charge in [-0.1, -0.05) is 11.3 Å². The summed E-state index contributed by atoms with van der Waals surface area (Å²) in [5.41, 5.74) is 0.997. The normalized spacial score (nSPS) is 15.4. The minimum atomic E-state index is -0.344. The maximum absolute atomic E-state index is 12.7. The van der Waals surface area contributed by atoms with Crippen LogP contribution < -0.4 is 5.32 Å². The van der Waals surface area contributed by atoms with Gasteiger partial charge in [-0.3, -0.25) is 9.78 Å². The lowest BCUT2D eigenvalue weighted by Crippen LogP contribution is -2.29. The lowest BCUT2D eigenvalue weighted by molar-refractivity contribution is 0.102. The molecule has 0 unspecified atom stereocenters. The molecule has 9 nitrogen and oxygen atoms in total. The maximum Gasteiger partial charge on any atom is 0.278 e. The van der Waals surface area contributed by atoms with Gasteiger partial charge in [0.15, 0.2) is 16.6 Å². The first-order valence-corrected chi connectivity index (χ1v) is 10.9. The third kappa shape index (κ3) is 4.17. The Hall–Kier alpha value is -3.24. The zero-order chi connectivity index (χ0) is 21.4. The molecular formula is C21H21N7O2S. The number of nitrogens with zero attached hydrogens (tertiary/aromatic N) is 6. The van der Waals surface area contributed by atoms with Gasteiger partial charge in [0.05, 0.1) is 0 Å². The van der Waals surface area contributed by atoms with Crippen LogP contribution >= 0.6 is 11.3 Å². The fourth-order valence-electron chi connectivity index (χ4n) is 3.64. The van der Waals surface area contributed by atoms with Crippen LogP contribution in [0.1, 0.15) is 40.1 Å². The molecule has 0 radical (unpaired) electrons. The SMILES string of the molecule is Cc1nnc(-c2cc3cc(NC(=O)c4coc(C5CCN(C)CC5)n4)ncc3cn2)s1. The van der Waals surface area contributed by atoms with Gasteiger partial charge in [0.1, 0.15) is 22.8 Å². The second kappa shape index (κ2) is 8.12. The predicted molar refractivity (Wildman–Crippen MR) is 117 cm³/mol. The van der Waals surface area contributed by atoms with Crippen LogP contribution in [0.5, 0.6) is 0 Å². The van der Waals surface area contributed by atoms with Crippen LogP contribution in [0.25, 0.3) is 21.5 Å². The molecule has 5 rings (SSSR count). The van der Waals surface area contributed by atoms with Gasteiger partial charge in [-0.2, -0.15) is 0 Å². The molecule has 4 aromatic rings. The third-order valence-electron chi connectivity index (χ3n) is 5.41. The number of amides is 1. The van der Waals surface area contributed by atoms with E-state index in [9.17, 15) is 4.79 Å². The van der Waals surface area contributed by atoms with Gasteiger partial charge in [-0.15, -0.1) is 10.2 Å². The molecule has 1 aliphatic heterocycles. The van der Waals surface area contributed by atoms with Gasteiger partial charge in [-0.25, -0.2) is 9.97 Å². The molecule has 10 heteroatoms. The number of nitrogens with one attached hydrogen (secondary N) is 1. The molecule has 0 atom stereocenters. The Labute approximate surface area is 182 Å². The molecule has 31 heavy (non-hydrogen) atoms. The molecule has 1 amide bonds. The Bertz CT molecular complexity index is 1240. The number of rotatable bonds is 4. The van der Waals surface area contributed by atoms with Crippen molar-refractivity contribution in [2.45, 2.75) is 25.7 Å². The summed E-state index contributed by atoms with van der Waals surface area (Å²) in [6, 6.07) is 3.73. The largest absolute Gasteiger partial charge is 0.448 e. The summed E-state index contributed by atoms with van der Waals surface area (Å²) in [5, 5.41) is 14.4. The van der Waals surface area contributed by atoms with Crippen molar-refractivity contribution in [3.63, 3.8) is 0 Å². The van der Waals surface area contributed by atoms with Crippen LogP contribution in [-0.4, -0.2) is 56.1 Å². The number of oxazole rings is 1. The minimum Gasteiger partial charge on any atom is -0.448 e. The topological polar surface area (TPSA) is 110 Å². The standard InChI is InChI=1S/C21H21N7O2S/c1-12-26-27-21(31-12)16-7-14-8-18(23-10-15(14)9-22-16)25-19(29)17-11-30-20(24-17)13-3-5-28(2)6-4-13/h7-11,13H,3-6H2,1-2H3,(H,23,25,29). The number of carbonyl (C=O) groups is 1. The Morgan fingerprint density at radius 3 is 2.74 bits per heavy atom. The molecule has 1 fully saturated rings. The second-order valence-electron chi connectivity index (χ2n) is 7.72. The number of aryl methyl sites for hydroxylation is 1. The summed E-state index contributed by atoms with van der Waals surface area (Å²) in [7, 11) is 2.11. The highest BCUT2D eigenvalue weighted by atomic mass is 32.1. The summed E-state index contributed by atoms with van der Waals surface area (Å²) in [6.07, 6.45) is 6.80. The molecule has 4 aromatic heterocycles. The van der Waals surface area contributed by atoms with E-state index >= 15 is 0 Å². The molecule has 1 saturated heterocycles. The number of carbonyl (C=O) groups excluding carboxylic acids is 1. The fraction of sp³-hybridized carbons (Fsp3) is 0.333. The molecule has 0 saturated carbocycles. The van der Waals surface area contributed by atoms with Crippen molar-refractivity contribution in [1.29, 1.82) is 0 Å². The predicted octanol–water partition coefficient (Wildman–Crippen LogP) is 3.51. The zero-order valence-corrected chi connectivity index (χ0v) is 18.0. The van der Waals surface area contributed by atoms with Crippen molar-refractivity contribution >= 4 is 33.8 Å². The number of hydrogen-bond donors (Lipinski definition) is 1. The fourth-order valence-corrected chi connectivity index (χ4v) is 4.30. The number of aromatic nitrogens is 5. The zero-order valence-electron chi connectivity index (χ0n) is 17.2. The van der Waals surface area contributed by atoms with E-state index in [0.717, 1.165) is 52.4 Å². The van der Waals surface area contributed by atoms with Crippen LogP contribution in [0.4, 0.5) is 5.82 Å². The van der Waals surface area contributed by atoms with Crippen molar-refractivity contribution < 1.29 is 9.21 Å². The lowest BCUT2D eigenvalue weighted by Gasteiger charge is -2.26. The highest BCUT2D eigenvalue weighted by Crippen LogP contribution is 2.28. The number of anilines is 1. The number of fused-ring (bicyclic) bond motifs is 1. The first-order chi connectivity index (χ1) is 15.0. The summed E-state index contributed by atoms with van der Waals surface area (Å²) in [6.45, 7) is 3.91. The van der Waals surface area contributed by atoms with Crippen molar-refractivity contribution in [1.82, 2.24) is 30.0 Å². The van der Waals surface area contributed by atoms with Gasteiger partial charge in [0.2, 0.25) is 0 Å². The first-order valence-electron chi connectivity index (χ1n) is 10.1. The minimum absolute atomic E-state index is 0.256. The molecule has 0 bridgehead atoms. The molecule has 1 N–H and O–H groups in total.